The summed E-state index contributed by atoms with van der Waals surface area (Å²) in [5.74, 6) is -2.20. The zero-order valence-corrected chi connectivity index (χ0v) is 15.1. The molecule has 1 aromatic carbocycles. The highest BCUT2D eigenvalue weighted by molar-refractivity contribution is 6.39. The molecule has 27 heavy (non-hydrogen) atoms. The Labute approximate surface area is 157 Å². The van der Waals surface area contributed by atoms with Crippen LogP contribution in [0.25, 0.3) is 0 Å². The second-order valence-electron chi connectivity index (χ2n) is 6.64. The number of rotatable bonds is 3. The summed E-state index contributed by atoms with van der Waals surface area (Å²) in [6.45, 7) is 1.94. The van der Waals surface area contributed by atoms with Crippen LogP contribution in [0, 0.1) is 0 Å². The zero-order valence-electron chi connectivity index (χ0n) is 15.1. The molecular formula is C20H22N4O3. The van der Waals surface area contributed by atoms with Crippen LogP contribution in [-0.2, 0) is 9.59 Å². The van der Waals surface area contributed by atoms with E-state index >= 15 is 0 Å². The van der Waals surface area contributed by atoms with Crippen molar-refractivity contribution < 1.29 is 14.4 Å². The van der Waals surface area contributed by atoms with E-state index in [9.17, 15) is 14.4 Å². The highest BCUT2D eigenvalue weighted by atomic mass is 16.2. The summed E-state index contributed by atoms with van der Waals surface area (Å²) in [5, 5.41) is 2.44. The number of nitrogens with zero attached hydrogens (tertiary/aromatic N) is 2. The molecule has 0 unspecified atom stereocenters. The average Bonchev–Trinajstić information content (AvgIpc) is 2.68. The van der Waals surface area contributed by atoms with Crippen LogP contribution in [0.2, 0.25) is 0 Å². The molecule has 1 aliphatic heterocycles. The lowest BCUT2D eigenvalue weighted by Crippen LogP contribution is -2.49. The van der Waals surface area contributed by atoms with E-state index in [0.717, 1.165) is 24.8 Å². The number of hydrogen-bond acceptors (Lipinski definition) is 4. The Hall–Kier alpha value is -3.22. The van der Waals surface area contributed by atoms with Crippen molar-refractivity contribution in [2.45, 2.75) is 38.3 Å². The summed E-state index contributed by atoms with van der Waals surface area (Å²) in [6.07, 6.45) is 4.03. The molecule has 3 N–H and O–H groups in total. The quantitative estimate of drug-likeness (QED) is 0.813. The third-order valence-electron chi connectivity index (χ3n) is 4.83. The fourth-order valence-electron chi connectivity index (χ4n) is 3.52. The number of aromatic nitrogens is 1. The first-order valence-corrected chi connectivity index (χ1v) is 8.92. The SMILES string of the molecule is C[C@H]1CCC[C@@H](c2ccccc2)N1C(=O)C(=O)Nc1ncccc1C(N)=O. The van der Waals surface area contributed by atoms with Gasteiger partial charge in [0.25, 0.3) is 5.91 Å². The van der Waals surface area contributed by atoms with Crippen molar-refractivity contribution in [2.75, 3.05) is 5.32 Å². The lowest BCUT2D eigenvalue weighted by molar-refractivity contribution is -0.148. The Morgan fingerprint density at radius 1 is 1.11 bits per heavy atom. The molecule has 2 atom stereocenters. The Balaban J connectivity index is 1.84. The van der Waals surface area contributed by atoms with Gasteiger partial charge in [0.1, 0.15) is 5.82 Å². The van der Waals surface area contributed by atoms with Gasteiger partial charge < -0.3 is 16.0 Å². The lowest BCUT2D eigenvalue weighted by Gasteiger charge is -2.40. The van der Waals surface area contributed by atoms with Crippen molar-refractivity contribution in [3.63, 3.8) is 0 Å². The second-order valence-corrected chi connectivity index (χ2v) is 6.64. The number of nitrogens with one attached hydrogen (secondary N) is 1. The molecule has 1 saturated heterocycles. The summed E-state index contributed by atoms with van der Waals surface area (Å²) in [7, 11) is 0. The first kappa shape index (κ1) is 18.6. The van der Waals surface area contributed by atoms with E-state index in [2.05, 4.69) is 10.3 Å². The average molecular weight is 366 g/mol. The molecule has 3 amide bonds. The number of nitrogens with two attached hydrogens (primary N) is 1. The molecule has 1 aliphatic rings. The van der Waals surface area contributed by atoms with Gasteiger partial charge in [-0.15, -0.1) is 0 Å². The van der Waals surface area contributed by atoms with Crippen LogP contribution in [0.1, 0.15) is 48.1 Å². The van der Waals surface area contributed by atoms with E-state index < -0.39 is 17.7 Å². The number of primary amides is 1. The molecule has 0 bridgehead atoms. The number of hydrogen-bond donors (Lipinski definition) is 2. The van der Waals surface area contributed by atoms with Crippen molar-refractivity contribution in [1.82, 2.24) is 9.88 Å². The molecular weight excluding hydrogens is 344 g/mol. The highest BCUT2D eigenvalue weighted by Gasteiger charge is 2.36. The largest absolute Gasteiger partial charge is 0.365 e. The molecule has 0 aliphatic carbocycles. The van der Waals surface area contributed by atoms with Gasteiger partial charge in [0.15, 0.2) is 0 Å². The zero-order chi connectivity index (χ0) is 19.4. The van der Waals surface area contributed by atoms with E-state index in [0.29, 0.717) is 0 Å². The van der Waals surface area contributed by atoms with Gasteiger partial charge >= 0.3 is 11.8 Å². The number of anilines is 1. The maximum atomic E-state index is 12.9. The number of pyridine rings is 1. The van der Waals surface area contributed by atoms with Crippen molar-refractivity contribution >= 4 is 23.5 Å². The first-order chi connectivity index (χ1) is 13.0. The van der Waals surface area contributed by atoms with Crippen molar-refractivity contribution in [3.8, 4) is 0 Å². The summed E-state index contributed by atoms with van der Waals surface area (Å²) in [6, 6.07) is 12.4. The van der Waals surface area contributed by atoms with Gasteiger partial charge in [-0.05, 0) is 43.9 Å². The maximum absolute atomic E-state index is 12.9. The van der Waals surface area contributed by atoms with Gasteiger partial charge in [-0.3, -0.25) is 14.4 Å². The minimum absolute atomic E-state index is 0.00993. The summed E-state index contributed by atoms with van der Waals surface area (Å²) in [5.41, 5.74) is 6.36. The van der Waals surface area contributed by atoms with Gasteiger partial charge in [0, 0.05) is 12.2 Å². The predicted octanol–water partition coefficient (Wildman–Crippen LogP) is 2.26. The van der Waals surface area contributed by atoms with E-state index in [1.165, 1.54) is 18.3 Å². The van der Waals surface area contributed by atoms with E-state index in [-0.39, 0.29) is 23.5 Å². The molecule has 0 saturated carbocycles. The molecule has 0 radical (unpaired) electrons. The number of amides is 3. The predicted molar refractivity (Wildman–Crippen MR) is 101 cm³/mol. The summed E-state index contributed by atoms with van der Waals surface area (Å²) < 4.78 is 0. The van der Waals surface area contributed by atoms with E-state index in [4.69, 9.17) is 5.73 Å². The maximum Gasteiger partial charge on any atom is 0.315 e. The van der Waals surface area contributed by atoms with Crippen molar-refractivity contribution in [1.29, 1.82) is 0 Å². The normalized spacial score (nSPS) is 19.4. The molecule has 2 aromatic rings. The third-order valence-corrected chi connectivity index (χ3v) is 4.83. The van der Waals surface area contributed by atoms with Crippen LogP contribution >= 0.6 is 0 Å². The van der Waals surface area contributed by atoms with Crippen molar-refractivity contribution in [2.24, 2.45) is 5.73 Å². The monoisotopic (exact) mass is 366 g/mol. The number of benzene rings is 1. The molecule has 0 spiro atoms. The fourth-order valence-corrected chi connectivity index (χ4v) is 3.52. The van der Waals surface area contributed by atoms with Crippen LogP contribution in [0.15, 0.2) is 48.7 Å². The smallest absolute Gasteiger partial charge is 0.315 e. The third kappa shape index (κ3) is 3.97. The van der Waals surface area contributed by atoms with Crippen LogP contribution < -0.4 is 11.1 Å². The van der Waals surface area contributed by atoms with E-state index in [1.54, 1.807) is 4.90 Å². The topological polar surface area (TPSA) is 105 Å². The highest BCUT2D eigenvalue weighted by Crippen LogP contribution is 2.34. The number of carbonyl (C=O) groups is 3. The number of carbonyl (C=O) groups excluding carboxylic acids is 3. The number of likely N-dealkylation sites (tertiary alicyclic amines) is 1. The van der Waals surface area contributed by atoms with Gasteiger partial charge in [0.05, 0.1) is 11.6 Å². The van der Waals surface area contributed by atoms with E-state index in [1.807, 2.05) is 37.3 Å². The van der Waals surface area contributed by atoms with Crippen molar-refractivity contribution in [3.05, 3.63) is 59.8 Å². The fraction of sp³-hybridized carbons (Fsp3) is 0.300. The lowest BCUT2D eigenvalue weighted by atomic mass is 9.91. The molecule has 1 aromatic heterocycles. The van der Waals surface area contributed by atoms with Crippen LogP contribution in [-0.4, -0.2) is 33.6 Å². The van der Waals surface area contributed by atoms with Gasteiger partial charge in [-0.25, -0.2) is 4.98 Å². The Bertz CT molecular complexity index is 853. The number of piperidine rings is 1. The molecule has 7 heteroatoms. The van der Waals surface area contributed by atoms with Crippen LogP contribution in [0.4, 0.5) is 5.82 Å². The van der Waals surface area contributed by atoms with Gasteiger partial charge in [-0.1, -0.05) is 30.3 Å². The van der Waals surface area contributed by atoms with Crippen LogP contribution in [0.5, 0.6) is 0 Å². The minimum atomic E-state index is -0.828. The minimum Gasteiger partial charge on any atom is -0.365 e. The Morgan fingerprint density at radius 2 is 1.85 bits per heavy atom. The molecule has 3 rings (SSSR count). The standard InChI is InChI=1S/C20H22N4O3/c1-13-7-5-11-16(14-8-3-2-4-9-14)24(13)20(27)19(26)23-18-15(17(21)25)10-6-12-22-18/h2-4,6,8-10,12-13,16H,5,7,11H2,1H3,(H2,21,25)(H,22,23,26)/t13-,16-/m0/s1. The molecule has 140 valence electrons. The Morgan fingerprint density at radius 3 is 2.56 bits per heavy atom. The summed E-state index contributed by atoms with van der Waals surface area (Å²) in [4.78, 5) is 42.6. The van der Waals surface area contributed by atoms with Crippen LogP contribution in [0.3, 0.4) is 0 Å². The van der Waals surface area contributed by atoms with Gasteiger partial charge in [-0.2, -0.15) is 0 Å². The second kappa shape index (κ2) is 7.99. The molecule has 2 heterocycles. The Kier molecular flexibility index (Phi) is 5.49. The van der Waals surface area contributed by atoms with Gasteiger partial charge in [0.2, 0.25) is 0 Å². The summed E-state index contributed by atoms with van der Waals surface area (Å²) >= 11 is 0. The molecule has 1 fully saturated rings. The molecule has 7 nitrogen and oxygen atoms in total. The first-order valence-electron chi connectivity index (χ1n) is 8.92.